The zero-order chi connectivity index (χ0) is 17.5. The number of hydrogen-bond donors (Lipinski definition) is 2. The minimum Gasteiger partial charge on any atom is -0.504 e. The highest BCUT2D eigenvalue weighted by molar-refractivity contribution is 5.84. The Bertz CT molecular complexity index is 754. The maximum absolute atomic E-state index is 11.9. The number of aryl methyl sites for hydroxylation is 2. The van der Waals surface area contributed by atoms with Crippen molar-refractivity contribution in [2.45, 2.75) is 27.2 Å². The van der Waals surface area contributed by atoms with Gasteiger partial charge in [-0.05, 0) is 61.2 Å². The monoisotopic (exact) mass is 326 g/mol. The van der Waals surface area contributed by atoms with Crippen LogP contribution in [0.5, 0.6) is 11.5 Å². The standard InChI is InChI=1S/C19H22N2O3/c1-4-24-18-10-16(7-8-17(18)22)12-20-21-19(23)11-15-6-5-13(2)14(3)9-15/h5-10,12,22H,4,11H2,1-3H3,(H,21,23)/b20-12+. The second-order valence-electron chi connectivity index (χ2n) is 5.55. The van der Waals surface area contributed by atoms with Crippen LogP contribution in [0.1, 0.15) is 29.2 Å². The lowest BCUT2D eigenvalue weighted by Crippen LogP contribution is -2.19. The molecule has 0 bridgehead atoms. The Morgan fingerprint density at radius 2 is 2.00 bits per heavy atom. The highest BCUT2D eigenvalue weighted by Gasteiger charge is 2.04. The summed E-state index contributed by atoms with van der Waals surface area (Å²) in [5.74, 6) is 0.286. The van der Waals surface area contributed by atoms with Gasteiger partial charge in [0, 0.05) is 0 Å². The van der Waals surface area contributed by atoms with Crippen LogP contribution in [-0.4, -0.2) is 23.8 Å². The van der Waals surface area contributed by atoms with Crippen LogP contribution in [0.3, 0.4) is 0 Å². The summed E-state index contributed by atoms with van der Waals surface area (Å²) in [6.07, 6.45) is 1.79. The molecule has 2 aromatic carbocycles. The van der Waals surface area contributed by atoms with Gasteiger partial charge in [0.1, 0.15) is 0 Å². The molecule has 0 aromatic heterocycles. The lowest BCUT2D eigenvalue weighted by atomic mass is 10.0. The first-order valence-corrected chi connectivity index (χ1v) is 7.83. The number of ether oxygens (including phenoxy) is 1. The molecule has 0 aliphatic heterocycles. The first kappa shape index (κ1) is 17.5. The minimum absolute atomic E-state index is 0.0766. The summed E-state index contributed by atoms with van der Waals surface area (Å²) >= 11 is 0. The number of rotatable bonds is 6. The first-order valence-electron chi connectivity index (χ1n) is 7.83. The van der Waals surface area contributed by atoms with Crippen molar-refractivity contribution >= 4 is 12.1 Å². The largest absolute Gasteiger partial charge is 0.504 e. The van der Waals surface area contributed by atoms with E-state index < -0.39 is 0 Å². The van der Waals surface area contributed by atoms with E-state index in [1.807, 2.05) is 39.0 Å². The minimum atomic E-state index is -0.182. The number of aromatic hydroxyl groups is 1. The van der Waals surface area contributed by atoms with Gasteiger partial charge in [0.05, 0.1) is 19.2 Å². The van der Waals surface area contributed by atoms with Crippen molar-refractivity contribution in [2.24, 2.45) is 5.10 Å². The zero-order valence-corrected chi connectivity index (χ0v) is 14.2. The number of benzene rings is 2. The van der Waals surface area contributed by atoms with Gasteiger partial charge in [0.2, 0.25) is 5.91 Å². The molecular formula is C19H22N2O3. The predicted molar refractivity (Wildman–Crippen MR) is 94.6 cm³/mol. The molecule has 2 N–H and O–H groups in total. The molecule has 0 aliphatic rings. The second kappa shape index (κ2) is 8.15. The van der Waals surface area contributed by atoms with Crippen molar-refractivity contribution < 1.29 is 14.6 Å². The molecule has 2 rings (SSSR count). The Kier molecular flexibility index (Phi) is 5.95. The van der Waals surface area contributed by atoms with E-state index >= 15 is 0 Å². The second-order valence-corrected chi connectivity index (χ2v) is 5.55. The van der Waals surface area contributed by atoms with Crippen molar-refractivity contribution in [3.8, 4) is 11.5 Å². The third kappa shape index (κ3) is 4.84. The number of nitrogens with zero attached hydrogens (tertiary/aromatic N) is 1. The number of phenolic OH excluding ortho intramolecular Hbond substituents is 1. The third-order valence-corrected chi connectivity index (χ3v) is 3.62. The molecule has 24 heavy (non-hydrogen) atoms. The van der Waals surface area contributed by atoms with Gasteiger partial charge in [-0.25, -0.2) is 5.43 Å². The molecule has 0 heterocycles. The average Bonchev–Trinajstić information content (AvgIpc) is 2.54. The van der Waals surface area contributed by atoms with E-state index in [9.17, 15) is 9.90 Å². The molecule has 0 unspecified atom stereocenters. The van der Waals surface area contributed by atoms with E-state index in [0.717, 1.165) is 16.7 Å². The van der Waals surface area contributed by atoms with Crippen molar-refractivity contribution in [1.82, 2.24) is 5.43 Å². The smallest absolute Gasteiger partial charge is 0.244 e. The van der Waals surface area contributed by atoms with Crippen molar-refractivity contribution in [1.29, 1.82) is 0 Å². The number of nitrogens with one attached hydrogen (secondary N) is 1. The molecule has 0 aliphatic carbocycles. The number of hydrogen-bond acceptors (Lipinski definition) is 4. The molecular weight excluding hydrogens is 304 g/mol. The van der Waals surface area contributed by atoms with E-state index in [4.69, 9.17) is 4.74 Å². The van der Waals surface area contributed by atoms with Crippen LogP contribution in [0.4, 0.5) is 0 Å². The topological polar surface area (TPSA) is 70.9 Å². The van der Waals surface area contributed by atoms with E-state index in [1.165, 1.54) is 17.8 Å². The van der Waals surface area contributed by atoms with Crippen LogP contribution in [0.25, 0.3) is 0 Å². The highest BCUT2D eigenvalue weighted by Crippen LogP contribution is 2.26. The van der Waals surface area contributed by atoms with Crippen LogP contribution in [0, 0.1) is 13.8 Å². The summed E-state index contributed by atoms with van der Waals surface area (Å²) in [6.45, 7) is 6.36. The molecule has 5 heteroatoms. The quantitative estimate of drug-likeness (QED) is 0.633. The molecule has 0 saturated carbocycles. The lowest BCUT2D eigenvalue weighted by Gasteiger charge is -2.06. The van der Waals surface area contributed by atoms with E-state index in [2.05, 4.69) is 10.5 Å². The molecule has 126 valence electrons. The highest BCUT2D eigenvalue weighted by atomic mass is 16.5. The van der Waals surface area contributed by atoms with Gasteiger partial charge >= 0.3 is 0 Å². The van der Waals surface area contributed by atoms with E-state index in [0.29, 0.717) is 12.4 Å². The predicted octanol–water partition coefficient (Wildman–Crippen LogP) is 3.10. The Hall–Kier alpha value is -2.82. The number of hydrazone groups is 1. The summed E-state index contributed by atoms with van der Waals surface area (Å²) in [5, 5.41) is 13.6. The zero-order valence-electron chi connectivity index (χ0n) is 14.2. The van der Waals surface area contributed by atoms with Crippen LogP contribution in [-0.2, 0) is 11.2 Å². The lowest BCUT2D eigenvalue weighted by molar-refractivity contribution is -0.120. The third-order valence-electron chi connectivity index (χ3n) is 3.62. The Morgan fingerprint density at radius 1 is 1.21 bits per heavy atom. The molecule has 0 saturated heterocycles. The molecule has 2 aromatic rings. The van der Waals surface area contributed by atoms with Gasteiger partial charge in [0.25, 0.3) is 0 Å². The van der Waals surface area contributed by atoms with Crippen LogP contribution < -0.4 is 10.2 Å². The van der Waals surface area contributed by atoms with Crippen molar-refractivity contribution in [3.05, 3.63) is 58.7 Å². The van der Waals surface area contributed by atoms with Crippen molar-refractivity contribution in [3.63, 3.8) is 0 Å². The molecule has 0 atom stereocenters. The van der Waals surface area contributed by atoms with Crippen LogP contribution >= 0.6 is 0 Å². The summed E-state index contributed by atoms with van der Waals surface area (Å²) in [5.41, 5.74) is 6.55. The summed E-state index contributed by atoms with van der Waals surface area (Å²) in [6, 6.07) is 10.8. The van der Waals surface area contributed by atoms with Gasteiger partial charge in [0.15, 0.2) is 11.5 Å². The average molecular weight is 326 g/mol. The van der Waals surface area contributed by atoms with Crippen LogP contribution in [0.2, 0.25) is 0 Å². The number of carbonyl (C=O) groups is 1. The van der Waals surface area contributed by atoms with Gasteiger partial charge in [-0.3, -0.25) is 4.79 Å². The summed E-state index contributed by atoms with van der Waals surface area (Å²) in [7, 11) is 0. The van der Waals surface area contributed by atoms with Gasteiger partial charge in [-0.2, -0.15) is 5.10 Å². The Labute approximate surface area is 142 Å². The fraction of sp³-hybridized carbons (Fsp3) is 0.263. The van der Waals surface area contributed by atoms with Gasteiger partial charge in [-0.15, -0.1) is 0 Å². The fourth-order valence-electron chi connectivity index (χ4n) is 2.20. The molecule has 0 radical (unpaired) electrons. The van der Waals surface area contributed by atoms with Crippen LogP contribution in [0.15, 0.2) is 41.5 Å². The van der Waals surface area contributed by atoms with Crippen molar-refractivity contribution in [2.75, 3.05) is 6.61 Å². The first-order chi connectivity index (χ1) is 11.5. The number of amides is 1. The SMILES string of the molecule is CCOc1cc(/C=N/NC(=O)Cc2ccc(C)c(C)c2)ccc1O. The Morgan fingerprint density at radius 3 is 2.71 bits per heavy atom. The van der Waals surface area contributed by atoms with Gasteiger partial charge < -0.3 is 9.84 Å². The van der Waals surface area contributed by atoms with Gasteiger partial charge in [-0.1, -0.05) is 18.2 Å². The molecule has 5 nitrogen and oxygen atoms in total. The van der Waals surface area contributed by atoms with E-state index in [1.54, 1.807) is 12.1 Å². The summed E-state index contributed by atoms with van der Waals surface area (Å²) < 4.78 is 5.31. The number of phenols is 1. The molecule has 0 spiro atoms. The van der Waals surface area contributed by atoms with E-state index in [-0.39, 0.29) is 18.1 Å². The maximum Gasteiger partial charge on any atom is 0.244 e. The molecule has 0 fully saturated rings. The Balaban J connectivity index is 1.94. The molecule has 1 amide bonds. The maximum atomic E-state index is 11.9. The number of carbonyl (C=O) groups excluding carboxylic acids is 1. The normalized spacial score (nSPS) is 10.8. The fourth-order valence-corrected chi connectivity index (χ4v) is 2.20. The summed E-state index contributed by atoms with van der Waals surface area (Å²) in [4.78, 5) is 11.9.